The van der Waals surface area contributed by atoms with Gasteiger partial charge in [-0.15, -0.1) is 0 Å². The smallest absolute Gasteiger partial charge is 0.339 e. The summed E-state index contributed by atoms with van der Waals surface area (Å²) in [6.07, 6.45) is 1.39. The average molecular weight is 288 g/mol. The first-order valence-corrected chi connectivity index (χ1v) is 6.71. The van der Waals surface area contributed by atoms with E-state index in [1.807, 2.05) is 10.8 Å². The van der Waals surface area contributed by atoms with E-state index in [0.717, 1.165) is 5.56 Å². The van der Waals surface area contributed by atoms with Gasteiger partial charge in [0.05, 0.1) is 5.69 Å². The molecule has 100 valence electrons. The number of carboxylic acid groups (broad SMARTS) is 1. The molecule has 0 atom stereocenters. The second-order valence-electron chi connectivity index (χ2n) is 4.13. The van der Waals surface area contributed by atoms with Gasteiger partial charge in [0.15, 0.2) is 0 Å². The highest BCUT2D eigenvalue weighted by Gasteiger charge is 2.18. The Hall–Kier alpha value is -2.47. The molecule has 1 N–H and O–H groups in total. The van der Waals surface area contributed by atoms with Crippen LogP contribution in [0.5, 0.6) is 0 Å². The molecule has 0 aliphatic heterocycles. The summed E-state index contributed by atoms with van der Waals surface area (Å²) in [7, 11) is 0. The molecule has 1 aromatic carbocycles. The number of rotatable bonds is 3. The fraction of sp³-hybridized carbons (Fsp3) is 0. The molecule has 0 saturated heterocycles. The summed E-state index contributed by atoms with van der Waals surface area (Å²) in [5.74, 6) is -1.46. The monoisotopic (exact) mass is 288 g/mol. The molecule has 20 heavy (non-hydrogen) atoms. The van der Waals surface area contributed by atoms with Crippen LogP contribution < -0.4 is 0 Å². The van der Waals surface area contributed by atoms with Gasteiger partial charge in [-0.05, 0) is 29.6 Å². The minimum atomic E-state index is -1.06. The number of halogens is 1. The van der Waals surface area contributed by atoms with E-state index in [4.69, 9.17) is 0 Å². The largest absolute Gasteiger partial charge is 0.478 e. The molecule has 0 aliphatic carbocycles. The van der Waals surface area contributed by atoms with Crippen molar-refractivity contribution in [1.29, 1.82) is 0 Å². The van der Waals surface area contributed by atoms with E-state index in [1.54, 1.807) is 18.2 Å². The van der Waals surface area contributed by atoms with Crippen LogP contribution in [0, 0.1) is 5.82 Å². The van der Waals surface area contributed by atoms with E-state index in [9.17, 15) is 14.3 Å². The fourth-order valence-electron chi connectivity index (χ4n) is 1.89. The Morgan fingerprint density at radius 2 is 2.20 bits per heavy atom. The zero-order valence-corrected chi connectivity index (χ0v) is 11.0. The molecule has 0 fully saturated rings. The van der Waals surface area contributed by atoms with Crippen molar-refractivity contribution < 1.29 is 14.3 Å². The number of aromatic nitrogens is 2. The standard InChI is InChI=1S/C14H9FN2O2S/c15-10-2-1-3-11(6-10)17-7-12(14(18)19)13(16-17)9-4-5-20-8-9/h1-8H,(H,18,19). The molecule has 0 unspecified atom stereocenters. The van der Waals surface area contributed by atoms with Gasteiger partial charge >= 0.3 is 5.97 Å². The number of hydrogen-bond donors (Lipinski definition) is 1. The zero-order valence-electron chi connectivity index (χ0n) is 10.2. The third-order valence-corrected chi connectivity index (χ3v) is 3.50. The van der Waals surface area contributed by atoms with Gasteiger partial charge in [-0.3, -0.25) is 0 Å². The van der Waals surface area contributed by atoms with Gasteiger partial charge in [0.25, 0.3) is 0 Å². The number of aromatic carboxylic acids is 1. The highest BCUT2D eigenvalue weighted by atomic mass is 32.1. The number of nitrogens with zero attached hydrogens (tertiary/aromatic N) is 2. The molecule has 4 nitrogen and oxygen atoms in total. The van der Waals surface area contributed by atoms with Crippen LogP contribution in [0.25, 0.3) is 16.9 Å². The maximum atomic E-state index is 13.2. The lowest BCUT2D eigenvalue weighted by molar-refractivity contribution is 0.0697. The number of carboxylic acids is 1. The third-order valence-electron chi connectivity index (χ3n) is 2.81. The van der Waals surface area contributed by atoms with Crippen LogP contribution in [0.2, 0.25) is 0 Å². The van der Waals surface area contributed by atoms with Gasteiger partial charge in [0, 0.05) is 17.1 Å². The summed E-state index contributed by atoms with van der Waals surface area (Å²) >= 11 is 1.46. The topological polar surface area (TPSA) is 55.1 Å². The number of hydrogen-bond acceptors (Lipinski definition) is 3. The molecule has 0 amide bonds. The van der Waals surface area contributed by atoms with Crippen LogP contribution in [0.4, 0.5) is 4.39 Å². The Morgan fingerprint density at radius 1 is 1.35 bits per heavy atom. The zero-order chi connectivity index (χ0) is 14.1. The minimum Gasteiger partial charge on any atom is -0.478 e. The molecule has 0 aliphatic rings. The predicted octanol–water partition coefficient (Wildman–Crippen LogP) is 3.44. The molecule has 2 heterocycles. The van der Waals surface area contributed by atoms with E-state index >= 15 is 0 Å². The first-order valence-electron chi connectivity index (χ1n) is 5.76. The van der Waals surface area contributed by atoms with Gasteiger partial charge in [-0.25, -0.2) is 13.9 Å². The number of thiophene rings is 1. The molecule has 0 spiro atoms. The van der Waals surface area contributed by atoms with Crippen molar-refractivity contribution >= 4 is 17.3 Å². The van der Waals surface area contributed by atoms with E-state index in [0.29, 0.717) is 11.4 Å². The minimum absolute atomic E-state index is 0.0904. The van der Waals surface area contributed by atoms with Crippen LogP contribution in [0.3, 0.4) is 0 Å². The third kappa shape index (κ3) is 2.21. The van der Waals surface area contributed by atoms with Gasteiger partial charge in [-0.1, -0.05) is 6.07 Å². The molecule has 2 aromatic heterocycles. The maximum Gasteiger partial charge on any atom is 0.339 e. The molecule has 0 radical (unpaired) electrons. The van der Waals surface area contributed by atoms with E-state index < -0.39 is 11.8 Å². The van der Waals surface area contributed by atoms with Gasteiger partial charge in [0.2, 0.25) is 0 Å². The second-order valence-corrected chi connectivity index (χ2v) is 4.91. The van der Waals surface area contributed by atoms with Crippen molar-refractivity contribution in [3.05, 3.63) is 58.7 Å². The highest BCUT2D eigenvalue weighted by Crippen LogP contribution is 2.25. The fourth-order valence-corrected chi connectivity index (χ4v) is 2.53. The number of carbonyl (C=O) groups is 1. The van der Waals surface area contributed by atoms with Crippen LogP contribution in [-0.4, -0.2) is 20.9 Å². The van der Waals surface area contributed by atoms with Crippen LogP contribution in [-0.2, 0) is 0 Å². The van der Waals surface area contributed by atoms with E-state index in [-0.39, 0.29) is 5.56 Å². The summed E-state index contributed by atoms with van der Waals surface area (Å²) < 4.78 is 14.6. The van der Waals surface area contributed by atoms with Crippen molar-refractivity contribution in [3.8, 4) is 16.9 Å². The molecule has 3 aromatic rings. The first kappa shape index (κ1) is 12.6. The van der Waals surface area contributed by atoms with Crippen molar-refractivity contribution in [2.24, 2.45) is 0 Å². The normalized spacial score (nSPS) is 10.7. The first-order chi connectivity index (χ1) is 9.65. The van der Waals surface area contributed by atoms with E-state index in [1.165, 1.54) is 34.3 Å². The molecule has 6 heteroatoms. The summed E-state index contributed by atoms with van der Waals surface area (Å²) in [6.45, 7) is 0. The molecule has 0 bridgehead atoms. The Morgan fingerprint density at radius 3 is 2.85 bits per heavy atom. The Labute approximate surface area is 117 Å². The SMILES string of the molecule is O=C(O)c1cn(-c2cccc(F)c2)nc1-c1ccsc1. The van der Waals surface area contributed by atoms with Crippen molar-refractivity contribution in [2.45, 2.75) is 0 Å². The lowest BCUT2D eigenvalue weighted by atomic mass is 10.1. The Bertz CT molecular complexity index is 765. The molecular weight excluding hydrogens is 279 g/mol. The van der Waals surface area contributed by atoms with Crippen molar-refractivity contribution in [1.82, 2.24) is 9.78 Å². The molecular formula is C14H9FN2O2S. The molecule has 3 rings (SSSR count). The lowest BCUT2D eigenvalue weighted by Crippen LogP contribution is -1.96. The van der Waals surface area contributed by atoms with Crippen LogP contribution >= 0.6 is 11.3 Å². The van der Waals surface area contributed by atoms with Crippen LogP contribution in [0.1, 0.15) is 10.4 Å². The Balaban J connectivity index is 2.15. The van der Waals surface area contributed by atoms with E-state index in [2.05, 4.69) is 5.10 Å². The highest BCUT2D eigenvalue weighted by molar-refractivity contribution is 7.08. The molecule has 0 saturated carbocycles. The second kappa shape index (κ2) is 4.90. The van der Waals surface area contributed by atoms with Crippen molar-refractivity contribution in [2.75, 3.05) is 0 Å². The summed E-state index contributed by atoms with van der Waals surface area (Å²) in [5, 5.41) is 17.2. The quantitative estimate of drug-likeness (QED) is 0.803. The van der Waals surface area contributed by atoms with Gasteiger partial charge in [-0.2, -0.15) is 16.4 Å². The Kier molecular flexibility index (Phi) is 3.08. The van der Waals surface area contributed by atoms with Crippen molar-refractivity contribution in [3.63, 3.8) is 0 Å². The maximum absolute atomic E-state index is 13.2. The van der Waals surface area contributed by atoms with Gasteiger partial charge in [0.1, 0.15) is 17.1 Å². The summed E-state index contributed by atoms with van der Waals surface area (Å²) in [6, 6.07) is 7.65. The summed E-state index contributed by atoms with van der Waals surface area (Å²) in [4.78, 5) is 11.3. The van der Waals surface area contributed by atoms with Crippen LogP contribution in [0.15, 0.2) is 47.3 Å². The lowest BCUT2D eigenvalue weighted by Gasteiger charge is -2.00. The number of benzene rings is 1. The predicted molar refractivity (Wildman–Crippen MR) is 73.8 cm³/mol. The average Bonchev–Trinajstić information content (AvgIpc) is 3.08. The van der Waals surface area contributed by atoms with Gasteiger partial charge < -0.3 is 5.11 Å². The summed E-state index contributed by atoms with van der Waals surface area (Å²) in [5.41, 5.74) is 1.69.